The van der Waals surface area contributed by atoms with Crippen LogP contribution in [0.25, 0.3) is 10.9 Å². The molecule has 0 radical (unpaired) electrons. The molecule has 0 atom stereocenters. The second kappa shape index (κ2) is 11.3. The van der Waals surface area contributed by atoms with E-state index in [-0.39, 0.29) is 6.03 Å². The van der Waals surface area contributed by atoms with E-state index in [1.165, 1.54) is 25.7 Å². The van der Waals surface area contributed by atoms with Gasteiger partial charge < -0.3 is 19.9 Å². The van der Waals surface area contributed by atoms with Gasteiger partial charge in [0.25, 0.3) is 0 Å². The van der Waals surface area contributed by atoms with E-state index in [1.807, 2.05) is 55.1 Å². The number of benzene rings is 1. The Kier molecular flexibility index (Phi) is 8.46. The van der Waals surface area contributed by atoms with E-state index in [9.17, 15) is 4.79 Å². The first-order valence-electron chi connectivity index (χ1n) is 11.4. The number of urea groups is 1. The maximum atomic E-state index is 11.9. The molecule has 2 fully saturated rings. The predicted octanol–water partition coefficient (Wildman–Crippen LogP) is 3.86. The van der Waals surface area contributed by atoms with Gasteiger partial charge in [-0.05, 0) is 43.7 Å². The lowest BCUT2D eigenvalue weighted by atomic mass is 9.83. The highest BCUT2D eigenvalue weighted by atomic mass is 16.5. The van der Waals surface area contributed by atoms with Crippen molar-refractivity contribution in [2.45, 2.75) is 39.5 Å². The smallest absolute Gasteiger partial charge is 0.317 e. The monoisotopic (exact) mass is 427 g/mol. The number of para-hydroxylation sites is 1. The molecule has 0 spiro atoms. The molecule has 0 bridgehead atoms. The van der Waals surface area contributed by atoms with Crippen molar-refractivity contribution in [1.82, 2.24) is 20.2 Å². The Balaban J connectivity index is 0.000000179. The number of rotatable bonds is 3. The average Bonchev–Trinajstić information content (AvgIpc) is 2.79. The lowest BCUT2D eigenvalue weighted by Crippen LogP contribution is -2.47. The van der Waals surface area contributed by atoms with Gasteiger partial charge in [-0.15, -0.1) is 0 Å². The van der Waals surface area contributed by atoms with Crippen molar-refractivity contribution >= 4 is 22.8 Å². The number of nitrogens with one attached hydrogen (secondary N) is 1. The van der Waals surface area contributed by atoms with Crippen LogP contribution in [0.4, 0.5) is 10.6 Å². The van der Waals surface area contributed by atoms with Gasteiger partial charge in [0.2, 0.25) is 0 Å². The molecule has 2 aromatic rings. The zero-order valence-corrected chi connectivity index (χ0v) is 19.4. The normalized spacial score (nSPS) is 21.2. The summed E-state index contributed by atoms with van der Waals surface area (Å²) in [6, 6.07) is 8.15. The number of nitrogens with zero attached hydrogens (tertiary/aromatic N) is 4. The zero-order valence-electron chi connectivity index (χ0n) is 19.4. The molecule has 1 N–H and O–H groups in total. The number of aryl methyl sites for hydroxylation is 1. The third-order valence-electron chi connectivity index (χ3n) is 6.09. The molecule has 2 aliphatic rings. The first-order valence-corrected chi connectivity index (χ1v) is 11.4. The number of carbonyl (C=O) groups excluding carboxylic acids is 1. The summed E-state index contributed by atoms with van der Waals surface area (Å²) in [5, 5.41) is 4.17. The minimum atomic E-state index is 0.0897. The molecule has 7 nitrogen and oxygen atoms in total. The maximum absolute atomic E-state index is 11.9. The topological polar surface area (TPSA) is 70.6 Å². The molecule has 1 aromatic heterocycles. The average molecular weight is 428 g/mol. The SMILES string of the molecule is CC1CCC(CNC(=O)N2CCOCC2)CC1.Cc1nc(N(C)C)c2ccccc2n1. The Bertz CT molecular complexity index is 843. The van der Waals surface area contributed by atoms with E-state index in [4.69, 9.17) is 4.74 Å². The van der Waals surface area contributed by atoms with Crippen molar-refractivity contribution < 1.29 is 9.53 Å². The maximum Gasteiger partial charge on any atom is 0.317 e. The molecule has 1 saturated carbocycles. The molecule has 31 heavy (non-hydrogen) atoms. The number of anilines is 1. The number of aromatic nitrogens is 2. The quantitative estimate of drug-likeness (QED) is 0.805. The van der Waals surface area contributed by atoms with E-state index < -0.39 is 0 Å². The van der Waals surface area contributed by atoms with Gasteiger partial charge in [0.05, 0.1) is 18.7 Å². The van der Waals surface area contributed by atoms with E-state index >= 15 is 0 Å². The second-order valence-corrected chi connectivity index (χ2v) is 8.92. The molecule has 2 heterocycles. The Labute approximate surface area is 186 Å². The van der Waals surface area contributed by atoms with Crippen LogP contribution in [-0.4, -0.2) is 67.8 Å². The minimum absolute atomic E-state index is 0.0897. The standard InChI is InChI=1S/C13H24N2O2.C11H13N3/c1-11-2-4-12(5-3-11)10-14-13(16)15-6-8-17-9-7-15;1-8-12-10-7-5-4-6-9(10)11(13-8)14(2)3/h11-12H,2-10H2,1H3,(H,14,16);4-7H,1-3H3. The number of hydrogen-bond acceptors (Lipinski definition) is 5. The van der Waals surface area contributed by atoms with Crippen LogP contribution in [0.5, 0.6) is 0 Å². The first-order chi connectivity index (χ1) is 14.9. The summed E-state index contributed by atoms with van der Waals surface area (Å²) in [5.74, 6) is 3.36. The lowest BCUT2D eigenvalue weighted by Gasteiger charge is -2.29. The van der Waals surface area contributed by atoms with Crippen LogP contribution in [0.1, 0.15) is 38.4 Å². The fourth-order valence-corrected chi connectivity index (χ4v) is 4.16. The van der Waals surface area contributed by atoms with E-state index in [0.717, 1.165) is 48.1 Å². The van der Waals surface area contributed by atoms with Crippen LogP contribution in [0.2, 0.25) is 0 Å². The van der Waals surface area contributed by atoms with Crippen molar-refractivity contribution in [3.63, 3.8) is 0 Å². The highest BCUT2D eigenvalue weighted by Gasteiger charge is 2.21. The molecule has 170 valence electrons. The van der Waals surface area contributed by atoms with Crippen molar-refractivity contribution in [2.75, 3.05) is 51.8 Å². The fourth-order valence-electron chi connectivity index (χ4n) is 4.16. The van der Waals surface area contributed by atoms with Gasteiger partial charge in [-0.25, -0.2) is 14.8 Å². The minimum Gasteiger partial charge on any atom is -0.378 e. The summed E-state index contributed by atoms with van der Waals surface area (Å²) >= 11 is 0. The predicted molar refractivity (Wildman–Crippen MR) is 126 cm³/mol. The molecule has 7 heteroatoms. The zero-order chi connectivity index (χ0) is 22.2. The Morgan fingerprint density at radius 2 is 1.81 bits per heavy atom. The van der Waals surface area contributed by atoms with Crippen LogP contribution in [-0.2, 0) is 4.74 Å². The molecular weight excluding hydrogens is 390 g/mol. The van der Waals surface area contributed by atoms with E-state index in [2.05, 4.69) is 22.2 Å². The third kappa shape index (κ3) is 6.79. The van der Waals surface area contributed by atoms with Gasteiger partial charge in [-0.2, -0.15) is 0 Å². The summed E-state index contributed by atoms with van der Waals surface area (Å²) in [5.41, 5.74) is 1.00. The number of morpholine rings is 1. The third-order valence-corrected chi connectivity index (χ3v) is 6.09. The summed E-state index contributed by atoms with van der Waals surface area (Å²) in [4.78, 5) is 24.5. The number of hydrogen-bond donors (Lipinski definition) is 1. The highest BCUT2D eigenvalue weighted by molar-refractivity contribution is 5.89. The fraction of sp³-hybridized carbons (Fsp3) is 0.625. The summed E-state index contributed by atoms with van der Waals surface area (Å²) < 4.78 is 5.23. The molecular formula is C24H37N5O2. The number of amides is 2. The molecule has 2 amide bonds. The molecule has 4 rings (SSSR count). The molecule has 1 aliphatic carbocycles. The summed E-state index contributed by atoms with van der Waals surface area (Å²) in [7, 11) is 3.99. The Morgan fingerprint density at radius 3 is 2.48 bits per heavy atom. The van der Waals surface area contributed by atoms with Crippen LogP contribution >= 0.6 is 0 Å². The van der Waals surface area contributed by atoms with Crippen LogP contribution in [0.15, 0.2) is 24.3 Å². The Hall–Kier alpha value is -2.41. The molecule has 1 aromatic carbocycles. The van der Waals surface area contributed by atoms with E-state index in [0.29, 0.717) is 19.1 Å². The first kappa shape index (κ1) is 23.3. The van der Waals surface area contributed by atoms with Gasteiger partial charge in [-0.1, -0.05) is 31.9 Å². The number of fused-ring (bicyclic) bond motifs is 1. The molecule has 1 saturated heterocycles. The van der Waals surface area contributed by atoms with Gasteiger partial charge in [0.1, 0.15) is 11.6 Å². The van der Waals surface area contributed by atoms with Crippen molar-refractivity contribution in [1.29, 1.82) is 0 Å². The van der Waals surface area contributed by atoms with Crippen LogP contribution in [0.3, 0.4) is 0 Å². The second-order valence-electron chi connectivity index (χ2n) is 8.92. The van der Waals surface area contributed by atoms with Crippen LogP contribution in [0, 0.1) is 18.8 Å². The van der Waals surface area contributed by atoms with Gasteiger partial charge >= 0.3 is 6.03 Å². The van der Waals surface area contributed by atoms with Crippen LogP contribution < -0.4 is 10.2 Å². The van der Waals surface area contributed by atoms with Crippen molar-refractivity contribution in [2.24, 2.45) is 11.8 Å². The summed E-state index contributed by atoms with van der Waals surface area (Å²) in [6.45, 7) is 7.90. The van der Waals surface area contributed by atoms with Gasteiger partial charge in [0.15, 0.2) is 0 Å². The number of ether oxygens (including phenoxy) is 1. The molecule has 1 aliphatic heterocycles. The largest absolute Gasteiger partial charge is 0.378 e. The van der Waals surface area contributed by atoms with Gasteiger partial charge in [0, 0.05) is 39.1 Å². The molecule has 0 unspecified atom stereocenters. The lowest BCUT2D eigenvalue weighted by molar-refractivity contribution is 0.0528. The van der Waals surface area contributed by atoms with Crippen molar-refractivity contribution in [3.8, 4) is 0 Å². The highest BCUT2D eigenvalue weighted by Crippen LogP contribution is 2.27. The van der Waals surface area contributed by atoms with Gasteiger partial charge in [-0.3, -0.25) is 0 Å². The summed E-state index contributed by atoms with van der Waals surface area (Å²) in [6.07, 6.45) is 5.17. The van der Waals surface area contributed by atoms with Crippen molar-refractivity contribution in [3.05, 3.63) is 30.1 Å². The van der Waals surface area contributed by atoms with E-state index in [1.54, 1.807) is 0 Å². The Morgan fingerprint density at radius 1 is 1.13 bits per heavy atom. The number of carbonyl (C=O) groups is 1.